The van der Waals surface area contributed by atoms with Crippen molar-refractivity contribution < 1.29 is 13.2 Å². The summed E-state index contributed by atoms with van der Waals surface area (Å²) in [5.41, 5.74) is 0.437. The van der Waals surface area contributed by atoms with Gasteiger partial charge in [-0.3, -0.25) is 4.79 Å². The molecule has 2 saturated heterocycles. The number of rotatable bonds is 3. The van der Waals surface area contributed by atoms with Crippen molar-refractivity contribution in [1.82, 2.24) is 9.62 Å². The first kappa shape index (κ1) is 16.4. The minimum Gasteiger partial charge on any atom is -0.316 e. The van der Waals surface area contributed by atoms with E-state index in [1.807, 2.05) is 0 Å². The van der Waals surface area contributed by atoms with Crippen LogP contribution in [0.5, 0.6) is 0 Å². The molecule has 0 aliphatic carbocycles. The van der Waals surface area contributed by atoms with Crippen molar-refractivity contribution in [3.63, 3.8) is 0 Å². The van der Waals surface area contributed by atoms with E-state index in [0.29, 0.717) is 30.5 Å². The molecule has 21 heavy (non-hydrogen) atoms. The van der Waals surface area contributed by atoms with Gasteiger partial charge < -0.3 is 5.32 Å². The predicted molar refractivity (Wildman–Crippen MR) is 82.3 cm³/mol. The highest BCUT2D eigenvalue weighted by Gasteiger charge is 2.41. The van der Waals surface area contributed by atoms with Crippen LogP contribution in [0, 0.1) is 11.8 Å². The molecule has 0 aromatic heterocycles. The monoisotopic (exact) mass is 330 g/mol. The Kier molecular flexibility index (Phi) is 4.72. The summed E-state index contributed by atoms with van der Waals surface area (Å²) >= 11 is 0. The number of sulfonamides is 1. The van der Waals surface area contributed by atoms with Crippen molar-refractivity contribution in [2.45, 2.75) is 11.8 Å². The topological polar surface area (TPSA) is 66.5 Å². The molecule has 2 atom stereocenters. The van der Waals surface area contributed by atoms with E-state index in [2.05, 4.69) is 5.32 Å². The lowest BCUT2D eigenvalue weighted by Crippen LogP contribution is -2.32. The van der Waals surface area contributed by atoms with E-state index < -0.39 is 10.0 Å². The maximum atomic E-state index is 12.6. The zero-order valence-electron chi connectivity index (χ0n) is 11.8. The van der Waals surface area contributed by atoms with Gasteiger partial charge in [-0.05, 0) is 44.0 Å². The average Bonchev–Trinajstić information content (AvgIpc) is 2.99. The maximum Gasteiger partial charge on any atom is 0.243 e. The summed E-state index contributed by atoms with van der Waals surface area (Å²) in [5, 5.41) is 3.29. The first-order chi connectivity index (χ1) is 9.48. The molecule has 2 heterocycles. The van der Waals surface area contributed by atoms with Crippen molar-refractivity contribution in [1.29, 1.82) is 0 Å². The molecule has 2 aliphatic rings. The van der Waals surface area contributed by atoms with Gasteiger partial charge in [0.2, 0.25) is 10.0 Å². The lowest BCUT2D eigenvalue weighted by atomic mass is 10.0. The summed E-state index contributed by atoms with van der Waals surface area (Å²) in [4.78, 5) is 11.6. The fourth-order valence-electron chi connectivity index (χ4n) is 3.03. The van der Waals surface area contributed by atoms with Gasteiger partial charge in [0.1, 0.15) is 0 Å². The number of nitrogens with one attached hydrogen (secondary N) is 1. The molecule has 3 rings (SSSR count). The fourth-order valence-corrected chi connectivity index (χ4v) is 4.63. The van der Waals surface area contributed by atoms with Crippen LogP contribution < -0.4 is 5.32 Å². The number of hydrogen-bond acceptors (Lipinski definition) is 4. The van der Waals surface area contributed by atoms with Gasteiger partial charge in [-0.15, -0.1) is 12.4 Å². The predicted octanol–water partition coefficient (Wildman–Crippen LogP) is 1.15. The molecule has 1 aromatic carbocycles. The third-order valence-electron chi connectivity index (χ3n) is 4.23. The minimum atomic E-state index is -3.48. The molecule has 0 radical (unpaired) electrons. The summed E-state index contributed by atoms with van der Waals surface area (Å²) in [5.74, 6) is 0.714. The number of halogens is 1. The smallest absolute Gasteiger partial charge is 0.243 e. The first-order valence-corrected chi connectivity index (χ1v) is 8.24. The molecule has 116 valence electrons. The van der Waals surface area contributed by atoms with Crippen molar-refractivity contribution >= 4 is 28.2 Å². The van der Waals surface area contributed by atoms with E-state index in [0.717, 1.165) is 13.1 Å². The normalized spacial score (nSPS) is 25.4. The van der Waals surface area contributed by atoms with Crippen LogP contribution in [0.4, 0.5) is 0 Å². The van der Waals surface area contributed by atoms with Gasteiger partial charge >= 0.3 is 0 Å². The van der Waals surface area contributed by atoms with E-state index in [4.69, 9.17) is 0 Å². The Labute approximate surface area is 131 Å². The van der Waals surface area contributed by atoms with Crippen molar-refractivity contribution in [3.8, 4) is 0 Å². The minimum absolute atomic E-state index is 0. The standard InChI is InChI=1S/C14H18N2O3S.ClH/c1-10(17)11-3-2-4-14(5-11)20(18,19)16-8-12-6-15-7-13(12)9-16;/h2-5,12-13,15H,6-9H2,1H3;1H/t12-,13+;. The Morgan fingerprint density at radius 1 is 1.24 bits per heavy atom. The van der Waals surface area contributed by atoms with Gasteiger partial charge in [0.25, 0.3) is 0 Å². The Bertz CT molecular complexity index is 635. The molecule has 5 nitrogen and oxygen atoms in total. The Morgan fingerprint density at radius 3 is 2.43 bits per heavy atom. The molecule has 0 spiro atoms. The van der Waals surface area contributed by atoms with Crippen molar-refractivity contribution in [2.24, 2.45) is 11.8 Å². The zero-order chi connectivity index (χ0) is 14.3. The summed E-state index contributed by atoms with van der Waals surface area (Å²) in [6.45, 7) is 4.38. The summed E-state index contributed by atoms with van der Waals surface area (Å²) in [6, 6.07) is 6.31. The number of ketones is 1. The van der Waals surface area contributed by atoms with Crippen LogP contribution in [0.15, 0.2) is 29.2 Å². The van der Waals surface area contributed by atoms with Crippen LogP contribution in [-0.4, -0.2) is 44.7 Å². The first-order valence-electron chi connectivity index (χ1n) is 6.80. The van der Waals surface area contributed by atoms with Gasteiger partial charge in [-0.2, -0.15) is 4.31 Å². The SMILES string of the molecule is CC(=O)c1cccc(S(=O)(=O)N2C[C@H]3CNC[C@H]3C2)c1.Cl. The second-order valence-electron chi connectivity index (χ2n) is 5.58. The number of hydrogen-bond donors (Lipinski definition) is 1. The molecular formula is C14H19ClN2O3S. The fraction of sp³-hybridized carbons (Fsp3) is 0.500. The van der Waals surface area contributed by atoms with Gasteiger partial charge in [0.15, 0.2) is 5.78 Å². The highest BCUT2D eigenvalue weighted by molar-refractivity contribution is 7.89. The molecule has 1 N–H and O–H groups in total. The van der Waals surface area contributed by atoms with Gasteiger partial charge in [0.05, 0.1) is 4.90 Å². The Morgan fingerprint density at radius 2 is 1.86 bits per heavy atom. The van der Waals surface area contributed by atoms with E-state index in [9.17, 15) is 13.2 Å². The molecule has 7 heteroatoms. The van der Waals surface area contributed by atoms with Crippen LogP contribution >= 0.6 is 12.4 Å². The second-order valence-corrected chi connectivity index (χ2v) is 7.52. The molecular weight excluding hydrogens is 312 g/mol. The van der Waals surface area contributed by atoms with E-state index >= 15 is 0 Å². The Hall–Kier alpha value is -0.950. The van der Waals surface area contributed by atoms with Gasteiger partial charge in [0, 0.05) is 18.7 Å². The van der Waals surface area contributed by atoms with E-state index in [1.165, 1.54) is 13.0 Å². The van der Waals surface area contributed by atoms with Crippen LogP contribution in [0.2, 0.25) is 0 Å². The van der Waals surface area contributed by atoms with Crippen LogP contribution in [0.25, 0.3) is 0 Å². The van der Waals surface area contributed by atoms with Gasteiger partial charge in [-0.25, -0.2) is 8.42 Å². The third kappa shape index (κ3) is 2.99. The molecule has 0 unspecified atom stereocenters. The second kappa shape index (κ2) is 6.04. The quantitative estimate of drug-likeness (QED) is 0.844. The number of carbonyl (C=O) groups is 1. The summed E-state index contributed by atoms with van der Waals surface area (Å²) in [7, 11) is -3.48. The molecule has 2 aliphatic heterocycles. The largest absolute Gasteiger partial charge is 0.316 e. The highest BCUT2D eigenvalue weighted by atomic mass is 35.5. The van der Waals surface area contributed by atoms with Crippen LogP contribution in [0.1, 0.15) is 17.3 Å². The molecule has 0 bridgehead atoms. The molecule has 0 amide bonds. The molecule has 0 saturated carbocycles. The van der Waals surface area contributed by atoms with E-state index in [-0.39, 0.29) is 23.1 Å². The van der Waals surface area contributed by atoms with Crippen molar-refractivity contribution in [2.75, 3.05) is 26.2 Å². The maximum absolute atomic E-state index is 12.6. The lowest BCUT2D eigenvalue weighted by molar-refractivity contribution is 0.101. The Balaban J connectivity index is 0.00000161. The number of fused-ring (bicyclic) bond motifs is 1. The molecule has 2 fully saturated rings. The van der Waals surface area contributed by atoms with Crippen LogP contribution in [0.3, 0.4) is 0 Å². The van der Waals surface area contributed by atoms with Gasteiger partial charge in [-0.1, -0.05) is 12.1 Å². The summed E-state index contributed by atoms with van der Waals surface area (Å²) in [6.07, 6.45) is 0. The third-order valence-corrected chi connectivity index (χ3v) is 6.06. The number of carbonyl (C=O) groups excluding carboxylic acids is 1. The zero-order valence-corrected chi connectivity index (χ0v) is 13.4. The van der Waals surface area contributed by atoms with E-state index in [1.54, 1.807) is 22.5 Å². The van der Waals surface area contributed by atoms with Crippen molar-refractivity contribution in [3.05, 3.63) is 29.8 Å². The average molecular weight is 331 g/mol. The van der Waals surface area contributed by atoms with Crippen LogP contribution in [-0.2, 0) is 10.0 Å². The highest BCUT2D eigenvalue weighted by Crippen LogP contribution is 2.30. The summed E-state index contributed by atoms with van der Waals surface area (Å²) < 4.78 is 26.8. The number of benzene rings is 1. The number of Topliss-reactive ketones (excluding diaryl/α,β-unsaturated/α-hetero) is 1. The lowest BCUT2D eigenvalue weighted by Gasteiger charge is -2.17. The molecule has 1 aromatic rings. The number of nitrogens with zero attached hydrogens (tertiary/aromatic N) is 1.